The third-order valence-electron chi connectivity index (χ3n) is 9.73. The summed E-state index contributed by atoms with van der Waals surface area (Å²) in [6, 6.07) is 9.02. The molecule has 7 rings (SSSR count). The van der Waals surface area contributed by atoms with Crippen LogP contribution >= 0.6 is 0 Å². The molecule has 2 saturated heterocycles. The minimum absolute atomic E-state index is 0.000513. The van der Waals surface area contributed by atoms with Gasteiger partial charge in [-0.1, -0.05) is 24.8 Å². The Balaban J connectivity index is 1.33. The van der Waals surface area contributed by atoms with Crippen molar-refractivity contribution >= 4 is 22.6 Å². The summed E-state index contributed by atoms with van der Waals surface area (Å²) < 4.78 is 38.8. The summed E-state index contributed by atoms with van der Waals surface area (Å²) in [5, 5.41) is 9.71. The molecule has 4 atom stereocenters. The number of amides is 1. The van der Waals surface area contributed by atoms with E-state index in [1.807, 2.05) is 24.1 Å². The number of rotatable bonds is 7. The Morgan fingerprint density at radius 1 is 1.23 bits per heavy atom. The van der Waals surface area contributed by atoms with Crippen molar-refractivity contribution in [1.29, 1.82) is 5.26 Å². The maximum absolute atomic E-state index is 16.6. The number of aromatic nitrogens is 2. The molecule has 3 fully saturated rings. The maximum atomic E-state index is 16.6. The first-order valence-electron chi connectivity index (χ1n) is 15.1. The topological polar surface area (TPSA) is 85.6 Å². The van der Waals surface area contributed by atoms with E-state index in [0.29, 0.717) is 42.9 Å². The highest BCUT2D eigenvalue weighted by Gasteiger charge is 2.46. The normalized spacial score (nSPS) is 24.5. The number of likely N-dealkylation sites (N-methyl/N-ethyl adjacent to an activating group) is 1. The molecule has 1 saturated carbocycles. The van der Waals surface area contributed by atoms with Crippen LogP contribution in [0.2, 0.25) is 0 Å². The van der Waals surface area contributed by atoms with Crippen LogP contribution in [0.5, 0.6) is 6.01 Å². The number of halogens is 2. The number of benzene rings is 2. The van der Waals surface area contributed by atoms with Crippen LogP contribution in [-0.4, -0.2) is 77.6 Å². The zero-order valence-corrected chi connectivity index (χ0v) is 24.2. The lowest BCUT2D eigenvalue weighted by molar-refractivity contribution is -0.128. The molecule has 2 aliphatic heterocycles. The van der Waals surface area contributed by atoms with Gasteiger partial charge in [0.05, 0.1) is 24.1 Å². The number of hydrogen-bond acceptors (Lipinski definition) is 7. The van der Waals surface area contributed by atoms with Crippen LogP contribution in [0, 0.1) is 28.9 Å². The number of carbonyl (C=O) groups excluding carboxylic acids is 1. The van der Waals surface area contributed by atoms with Crippen molar-refractivity contribution in [2.75, 3.05) is 44.7 Å². The van der Waals surface area contributed by atoms with Crippen molar-refractivity contribution in [2.24, 2.45) is 5.92 Å². The molecule has 2 aromatic carbocycles. The van der Waals surface area contributed by atoms with Gasteiger partial charge >= 0.3 is 6.01 Å². The van der Waals surface area contributed by atoms with Crippen molar-refractivity contribution in [3.8, 4) is 23.2 Å². The average molecular weight is 585 g/mol. The molecule has 43 heavy (non-hydrogen) atoms. The second-order valence-corrected chi connectivity index (χ2v) is 12.2. The van der Waals surface area contributed by atoms with E-state index in [1.54, 1.807) is 4.90 Å². The molecule has 0 radical (unpaired) electrons. The largest absolute Gasteiger partial charge is 0.462 e. The highest BCUT2D eigenvalue weighted by atomic mass is 19.1. The molecule has 2 aliphatic carbocycles. The van der Waals surface area contributed by atoms with E-state index in [4.69, 9.17) is 9.72 Å². The van der Waals surface area contributed by atoms with Crippen LogP contribution < -0.4 is 9.64 Å². The SMILES string of the molecule is C=CC(=O)N1CCN(c2nc(OC[C@@H]3CCCN3C)nc3c(F)c(-c4cccc5c4[C@H]4C[C@H]4C5)c(F)cc23)C[C@@H]1CC#N. The van der Waals surface area contributed by atoms with Crippen LogP contribution in [0.4, 0.5) is 14.6 Å². The van der Waals surface area contributed by atoms with Crippen molar-refractivity contribution < 1.29 is 18.3 Å². The van der Waals surface area contributed by atoms with Gasteiger partial charge in [0.1, 0.15) is 23.8 Å². The molecular weight excluding hydrogens is 550 g/mol. The molecular formula is C33H34F2N6O2. The Hall–Kier alpha value is -4.10. The molecule has 0 spiro atoms. The highest BCUT2D eigenvalue weighted by molar-refractivity contribution is 5.94. The number of piperazine rings is 1. The molecule has 8 nitrogen and oxygen atoms in total. The zero-order valence-electron chi connectivity index (χ0n) is 24.2. The molecule has 1 amide bonds. The van der Waals surface area contributed by atoms with Crippen LogP contribution in [-0.2, 0) is 11.2 Å². The van der Waals surface area contributed by atoms with E-state index in [0.717, 1.165) is 37.8 Å². The van der Waals surface area contributed by atoms with Gasteiger partial charge in [-0.2, -0.15) is 15.2 Å². The van der Waals surface area contributed by atoms with Gasteiger partial charge in [-0.3, -0.25) is 4.79 Å². The predicted octanol–water partition coefficient (Wildman–Crippen LogP) is 4.82. The van der Waals surface area contributed by atoms with Gasteiger partial charge in [0.2, 0.25) is 5.91 Å². The van der Waals surface area contributed by atoms with Crippen molar-refractivity contribution in [2.45, 2.75) is 50.1 Å². The molecule has 1 aromatic heterocycles. The van der Waals surface area contributed by atoms with E-state index in [2.05, 4.69) is 28.6 Å². The van der Waals surface area contributed by atoms with Gasteiger partial charge in [0.15, 0.2) is 5.82 Å². The van der Waals surface area contributed by atoms with E-state index < -0.39 is 17.7 Å². The lowest BCUT2D eigenvalue weighted by atomic mass is 9.93. The standard InChI is InChI=1S/C33H34F2N6O2/c1-3-27(42)41-13-12-40(17-21(41)9-10-36)32-25-16-26(34)29(23-8-4-6-19-14-20-15-24(20)28(19)23)30(35)31(25)37-33(38-32)43-18-22-7-5-11-39(22)2/h3-4,6,8,16,20-22,24H,1,5,7,9,11-15,17-18H2,2H3/t20-,21+,22+,24+/m1/s1. The minimum Gasteiger partial charge on any atom is -0.462 e. The second kappa shape index (κ2) is 10.9. The lowest BCUT2D eigenvalue weighted by Crippen LogP contribution is -2.55. The minimum atomic E-state index is -0.729. The van der Waals surface area contributed by atoms with Gasteiger partial charge in [-0.05, 0) is 79.9 Å². The number of likely N-dealkylation sites (tertiary alicyclic amines) is 1. The average Bonchev–Trinajstić information content (AvgIpc) is 3.48. The van der Waals surface area contributed by atoms with Crippen LogP contribution in [0.25, 0.3) is 22.0 Å². The van der Waals surface area contributed by atoms with Crippen molar-refractivity contribution in [1.82, 2.24) is 19.8 Å². The summed E-state index contributed by atoms with van der Waals surface area (Å²) >= 11 is 0. The highest BCUT2D eigenvalue weighted by Crippen LogP contribution is 2.59. The van der Waals surface area contributed by atoms with Crippen LogP contribution in [0.1, 0.15) is 42.7 Å². The first-order chi connectivity index (χ1) is 20.9. The molecule has 10 heteroatoms. The third-order valence-corrected chi connectivity index (χ3v) is 9.73. The zero-order chi connectivity index (χ0) is 29.8. The third kappa shape index (κ3) is 4.80. The number of carbonyl (C=O) groups is 1. The first kappa shape index (κ1) is 27.7. The lowest BCUT2D eigenvalue weighted by Gasteiger charge is -2.41. The molecule has 0 N–H and O–H groups in total. The van der Waals surface area contributed by atoms with E-state index in [9.17, 15) is 10.1 Å². The van der Waals surface area contributed by atoms with Crippen molar-refractivity contribution in [3.05, 3.63) is 59.7 Å². The monoisotopic (exact) mass is 584 g/mol. The number of fused-ring (bicyclic) bond motifs is 4. The molecule has 3 heterocycles. The van der Waals surface area contributed by atoms with Gasteiger partial charge in [0.25, 0.3) is 0 Å². The first-order valence-corrected chi connectivity index (χ1v) is 15.1. The number of ether oxygens (including phenoxy) is 1. The fourth-order valence-corrected chi connectivity index (χ4v) is 7.36. The van der Waals surface area contributed by atoms with Gasteiger partial charge in [0, 0.05) is 31.1 Å². The number of nitrogens with zero attached hydrogens (tertiary/aromatic N) is 6. The Kier molecular flexibility index (Phi) is 7.01. The number of hydrogen-bond donors (Lipinski definition) is 0. The predicted molar refractivity (Wildman–Crippen MR) is 159 cm³/mol. The Morgan fingerprint density at radius 2 is 2.09 bits per heavy atom. The molecule has 4 aliphatic rings. The number of nitriles is 1. The van der Waals surface area contributed by atoms with E-state index in [-0.39, 0.29) is 47.4 Å². The fourth-order valence-electron chi connectivity index (χ4n) is 7.36. The van der Waals surface area contributed by atoms with E-state index in [1.165, 1.54) is 17.7 Å². The molecule has 0 bridgehead atoms. The van der Waals surface area contributed by atoms with Gasteiger partial charge in [-0.15, -0.1) is 0 Å². The quantitative estimate of drug-likeness (QED) is 0.368. The molecule has 222 valence electrons. The maximum Gasteiger partial charge on any atom is 0.319 e. The summed E-state index contributed by atoms with van der Waals surface area (Å²) in [7, 11) is 2.05. The van der Waals surface area contributed by atoms with Crippen LogP contribution in [0.15, 0.2) is 36.9 Å². The summed E-state index contributed by atoms with van der Waals surface area (Å²) in [6.07, 6.45) is 5.41. The summed E-state index contributed by atoms with van der Waals surface area (Å²) in [6.45, 7) is 5.86. The van der Waals surface area contributed by atoms with E-state index >= 15 is 8.78 Å². The Labute approximate surface area is 249 Å². The summed E-state index contributed by atoms with van der Waals surface area (Å²) in [5.41, 5.74) is 2.76. The molecule has 3 aromatic rings. The Bertz CT molecular complexity index is 1670. The smallest absolute Gasteiger partial charge is 0.319 e. The fraction of sp³-hybridized carbons (Fsp3) is 0.455. The summed E-state index contributed by atoms with van der Waals surface area (Å²) in [5.74, 6) is -0.393. The van der Waals surface area contributed by atoms with Gasteiger partial charge < -0.3 is 19.4 Å². The molecule has 0 unspecified atom stereocenters. The number of anilines is 1. The summed E-state index contributed by atoms with van der Waals surface area (Å²) in [4.78, 5) is 27.4. The van der Waals surface area contributed by atoms with Crippen molar-refractivity contribution in [3.63, 3.8) is 0 Å². The van der Waals surface area contributed by atoms with Gasteiger partial charge in [-0.25, -0.2) is 8.78 Å². The van der Waals surface area contributed by atoms with Crippen LogP contribution in [0.3, 0.4) is 0 Å². The second-order valence-electron chi connectivity index (χ2n) is 12.2. The Morgan fingerprint density at radius 3 is 2.86 bits per heavy atom.